The molecular weight excluding hydrogens is 595 g/mol. The summed E-state index contributed by atoms with van der Waals surface area (Å²) in [5, 5.41) is 17.1. The van der Waals surface area contributed by atoms with E-state index in [-0.39, 0.29) is 47.8 Å². The third-order valence-electron chi connectivity index (χ3n) is 10.4. The zero-order valence-electron chi connectivity index (χ0n) is 27.3. The van der Waals surface area contributed by atoms with Crippen LogP contribution in [-0.4, -0.2) is 72.3 Å². The molecule has 0 spiro atoms. The van der Waals surface area contributed by atoms with Gasteiger partial charge in [-0.3, -0.25) is 9.59 Å². The highest BCUT2D eigenvalue weighted by atomic mass is 28.3. The van der Waals surface area contributed by atoms with Crippen LogP contribution in [0.4, 0.5) is 0 Å². The van der Waals surface area contributed by atoms with Gasteiger partial charge in [0.1, 0.15) is 5.75 Å². The fourth-order valence-electron chi connectivity index (χ4n) is 7.91. The Kier molecular flexibility index (Phi) is 9.45. The van der Waals surface area contributed by atoms with Gasteiger partial charge in [0.2, 0.25) is 5.91 Å². The minimum Gasteiger partial charge on any atom is -0.497 e. The predicted molar refractivity (Wildman–Crippen MR) is 184 cm³/mol. The number of nitrogens with zero attached hydrogens (tertiary/aromatic N) is 3. The van der Waals surface area contributed by atoms with E-state index in [1.54, 1.807) is 13.3 Å². The van der Waals surface area contributed by atoms with E-state index in [1.807, 2.05) is 59.5 Å². The largest absolute Gasteiger partial charge is 0.497 e. The zero-order valence-corrected chi connectivity index (χ0v) is 28.3. The van der Waals surface area contributed by atoms with Gasteiger partial charge in [0.15, 0.2) is 0 Å². The monoisotopic (exact) mass is 639 g/mol. The summed E-state index contributed by atoms with van der Waals surface area (Å²) >= 11 is 0. The summed E-state index contributed by atoms with van der Waals surface area (Å²) in [6.45, 7) is 7.78. The molecule has 2 aliphatic rings. The van der Waals surface area contributed by atoms with Crippen molar-refractivity contribution >= 4 is 29.9 Å². The van der Waals surface area contributed by atoms with E-state index in [1.165, 1.54) is 9.87 Å². The molecule has 242 valence electrons. The number of aryl methyl sites for hydroxylation is 1. The molecule has 1 N–H and O–H groups in total. The number of rotatable bonds is 10. The van der Waals surface area contributed by atoms with Gasteiger partial charge in [-0.05, 0) is 73.0 Å². The Labute approximate surface area is 272 Å². The molecule has 0 aliphatic carbocycles. The first-order valence-corrected chi connectivity index (χ1v) is 19.6. The summed E-state index contributed by atoms with van der Waals surface area (Å²) in [5.41, 5.74) is 1.95. The SMILES string of the molecule is COc1ccc([Si](C)(C)[C@H]2[C@H](C)[C@H](CCc3cccc(-n4ncc5ccccc5c4=O)c3)O[C@@H]2CC(=O)N2CCC[C@H]2CO)cc1. The van der Waals surface area contributed by atoms with E-state index in [0.29, 0.717) is 18.4 Å². The van der Waals surface area contributed by atoms with E-state index in [9.17, 15) is 14.7 Å². The third kappa shape index (κ3) is 6.28. The second-order valence-electron chi connectivity index (χ2n) is 13.5. The number of aliphatic hydroxyl groups excluding tert-OH is 1. The van der Waals surface area contributed by atoms with Crippen molar-refractivity contribution in [2.75, 3.05) is 20.3 Å². The molecule has 2 aliphatic heterocycles. The first-order valence-electron chi connectivity index (χ1n) is 16.5. The van der Waals surface area contributed by atoms with Gasteiger partial charge in [-0.15, -0.1) is 0 Å². The number of aliphatic hydroxyl groups is 1. The van der Waals surface area contributed by atoms with Crippen LogP contribution >= 0.6 is 0 Å². The molecule has 0 unspecified atom stereocenters. The summed E-state index contributed by atoms with van der Waals surface area (Å²) < 4.78 is 13.8. The average Bonchev–Trinajstić information content (AvgIpc) is 3.68. The van der Waals surface area contributed by atoms with Crippen LogP contribution < -0.4 is 15.5 Å². The second kappa shape index (κ2) is 13.5. The summed E-state index contributed by atoms with van der Waals surface area (Å²) in [6, 6.07) is 23.9. The first kappa shape index (κ1) is 32.2. The van der Waals surface area contributed by atoms with Gasteiger partial charge < -0.3 is 19.5 Å². The standard InChI is InChI=1S/C37H45N3O5Si/c1-25-33(19-14-26-9-7-11-28(21-26)40-37(43)32-13-6-5-10-27(32)23-38-40)45-34(22-35(42)39-20-8-12-29(39)24-41)36(25)46(3,4)31-17-15-30(44-2)16-18-31/h5-7,9-11,13,15-18,21,23,25,29,33-34,36,41H,8,12,14,19-20,22,24H2,1-4H3/t25-,29+,33+,34-,36+/m1/s1. The van der Waals surface area contributed by atoms with Gasteiger partial charge >= 0.3 is 0 Å². The number of amides is 1. The number of fused-ring (bicyclic) bond motifs is 1. The minimum absolute atomic E-state index is 0.00568. The number of hydrogen-bond acceptors (Lipinski definition) is 6. The quantitative estimate of drug-likeness (QED) is 0.243. The third-order valence-corrected chi connectivity index (χ3v) is 14.8. The summed E-state index contributed by atoms with van der Waals surface area (Å²) in [7, 11) is -0.437. The lowest BCUT2D eigenvalue weighted by molar-refractivity contribution is -0.135. The lowest BCUT2D eigenvalue weighted by atomic mass is 9.95. The lowest BCUT2D eigenvalue weighted by Crippen LogP contribution is -2.51. The Morgan fingerprint density at radius 2 is 1.85 bits per heavy atom. The molecule has 3 aromatic carbocycles. The van der Waals surface area contributed by atoms with Crippen LogP contribution in [0.25, 0.3) is 16.5 Å². The molecule has 1 aromatic heterocycles. The Balaban J connectivity index is 1.23. The van der Waals surface area contributed by atoms with E-state index >= 15 is 0 Å². The Hall–Kier alpha value is -3.79. The van der Waals surface area contributed by atoms with Crippen molar-refractivity contribution in [3.05, 3.63) is 94.9 Å². The number of carbonyl (C=O) groups is 1. The number of aromatic nitrogens is 2. The van der Waals surface area contributed by atoms with Crippen molar-refractivity contribution in [1.29, 1.82) is 0 Å². The van der Waals surface area contributed by atoms with Crippen molar-refractivity contribution in [1.82, 2.24) is 14.7 Å². The fraction of sp³-hybridized carbons (Fsp3) is 0.432. The highest BCUT2D eigenvalue weighted by Crippen LogP contribution is 2.46. The maximum atomic E-state index is 13.6. The molecule has 5 atom stereocenters. The molecule has 1 amide bonds. The maximum absolute atomic E-state index is 13.6. The number of hydrogen-bond donors (Lipinski definition) is 1. The van der Waals surface area contributed by atoms with Crippen LogP contribution in [0.1, 0.15) is 38.2 Å². The molecule has 0 bridgehead atoms. The van der Waals surface area contributed by atoms with Gasteiger partial charge in [0.05, 0.1) is 63.7 Å². The molecule has 3 heterocycles. The Morgan fingerprint density at radius 1 is 1.07 bits per heavy atom. The number of likely N-dealkylation sites (tertiary alicyclic amines) is 1. The minimum atomic E-state index is -2.12. The first-order chi connectivity index (χ1) is 22.2. The number of carbonyl (C=O) groups excluding carboxylic acids is 1. The molecule has 2 fully saturated rings. The molecule has 0 radical (unpaired) electrons. The van der Waals surface area contributed by atoms with Crippen LogP contribution in [0.15, 0.2) is 83.8 Å². The van der Waals surface area contributed by atoms with Crippen molar-refractivity contribution in [3.8, 4) is 11.4 Å². The van der Waals surface area contributed by atoms with Crippen LogP contribution in [0.5, 0.6) is 5.75 Å². The molecule has 0 saturated carbocycles. The molecular formula is C37H45N3O5Si. The summed E-state index contributed by atoms with van der Waals surface area (Å²) in [6.07, 6.45) is 5.23. The molecule has 6 rings (SSSR count). The molecule has 8 nitrogen and oxygen atoms in total. The summed E-state index contributed by atoms with van der Waals surface area (Å²) in [4.78, 5) is 28.7. The lowest BCUT2D eigenvalue weighted by Gasteiger charge is -2.36. The van der Waals surface area contributed by atoms with Crippen LogP contribution in [0, 0.1) is 5.92 Å². The molecule has 2 saturated heterocycles. The van der Waals surface area contributed by atoms with E-state index in [0.717, 1.165) is 48.1 Å². The van der Waals surface area contributed by atoms with E-state index in [2.05, 4.69) is 43.3 Å². The second-order valence-corrected chi connectivity index (χ2v) is 18.2. The van der Waals surface area contributed by atoms with Gasteiger partial charge in [0, 0.05) is 11.9 Å². The highest BCUT2D eigenvalue weighted by molar-refractivity contribution is 6.91. The Morgan fingerprint density at radius 3 is 2.61 bits per heavy atom. The normalized spacial score (nSPS) is 23.2. The van der Waals surface area contributed by atoms with Gasteiger partial charge in [0.25, 0.3) is 5.56 Å². The smallest absolute Gasteiger partial charge is 0.279 e. The van der Waals surface area contributed by atoms with Crippen LogP contribution in [0.3, 0.4) is 0 Å². The highest BCUT2D eigenvalue weighted by Gasteiger charge is 2.51. The summed E-state index contributed by atoms with van der Waals surface area (Å²) in [5.74, 6) is 1.17. The van der Waals surface area contributed by atoms with E-state index < -0.39 is 8.07 Å². The molecule has 9 heteroatoms. The van der Waals surface area contributed by atoms with Crippen molar-refractivity contribution in [3.63, 3.8) is 0 Å². The van der Waals surface area contributed by atoms with Crippen LogP contribution in [-0.2, 0) is 16.0 Å². The number of ether oxygens (including phenoxy) is 2. The van der Waals surface area contributed by atoms with E-state index in [4.69, 9.17) is 9.47 Å². The van der Waals surface area contributed by atoms with Gasteiger partial charge in [-0.2, -0.15) is 9.78 Å². The van der Waals surface area contributed by atoms with Gasteiger partial charge in [-0.1, -0.05) is 67.7 Å². The predicted octanol–water partition coefficient (Wildman–Crippen LogP) is 5.09. The van der Waals surface area contributed by atoms with Gasteiger partial charge in [-0.25, -0.2) is 0 Å². The van der Waals surface area contributed by atoms with Crippen molar-refractivity contribution < 1.29 is 19.4 Å². The molecule has 4 aromatic rings. The Bertz CT molecular complexity index is 1740. The maximum Gasteiger partial charge on any atom is 0.279 e. The van der Waals surface area contributed by atoms with Crippen molar-refractivity contribution in [2.24, 2.45) is 5.92 Å². The van der Waals surface area contributed by atoms with Crippen LogP contribution in [0.2, 0.25) is 18.6 Å². The van der Waals surface area contributed by atoms with Crippen molar-refractivity contribution in [2.45, 2.75) is 75.9 Å². The number of benzene rings is 3. The zero-order chi connectivity index (χ0) is 32.4. The fourth-order valence-corrected chi connectivity index (χ4v) is 12.0. The molecule has 46 heavy (non-hydrogen) atoms. The average molecular weight is 640 g/mol. The number of methoxy groups -OCH3 is 1. The topological polar surface area (TPSA) is 93.9 Å².